The quantitative estimate of drug-likeness (QED) is 0.311. The van der Waals surface area contributed by atoms with Crippen LogP contribution in [-0.2, 0) is 10.4 Å². The summed E-state index contributed by atoms with van der Waals surface area (Å²) in [6.45, 7) is 3.56. The topological polar surface area (TPSA) is 93.7 Å². The molecule has 0 bridgehead atoms. The van der Waals surface area contributed by atoms with Crippen LogP contribution in [0, 0.1) is 17.7 Å². The van der Waals surface area contributed by atoms with Gasteiger partial charge in [0.2, 0.25) is 5.91 Å². The summed E-state index contributed by atoms with van der Waals surface area (Å²) in [5, 5.41) is 21.4. The number of aliphatic hydroxyl groups is 1. The minimum Gasteiger partial charge on any atom is -0.385 e. The van der Waals surface area contributed by atoms with Crippen LogP contribution in [0.1, 0.15) is 76.7 Å². The molecular formula is C28H44ClFN4O3. The summed E-state index contributed by atoms with van der Waals surface area (Å²) in [6.07, 6.45) is 9.54. The van der Waals surface area contributed by atoms with Crippen LogP contribution < -0.4 is 16.0 Å². The number of hydrogen-bond donors (Lipinski definition) is 4. The van der Waals surface area contributed by atoms with E-state index in [2.05, 4.69) is 16.0 Å². The summed E-state index contributed by atoms with van der Waals surface area (Å²) in [4.78, 5) is 26.5. The van der Waals surface area contributed by atoms with E-state index in [1.54, 1.807) is 11.0 Å². The van der Waals surface area contributed by atoms with Gasteiger partial charge in [-0.1, -0.05) is 43.7 Å². The van der Waals surface area contributed by atoms with E-state index in [1.165, 1.54) is 51.2 Å². The fourth-order valence-electron chi connectivity index (χ4n) is 6.09. The van der Waals surface area contributed by atoms with Crippen LogP contribution >= 0.6 is 11.6 Å². The second kappa shape index (κ2) is 14.3. The Morgan fingerprint density at radius 3 is 2.62 bits per heavy atom. The molecule has 4 N–H and O–H groups in total. The maximum absolute atomic E-state index is 14.3. The molecule has 2 fully saturated rings. The first kappa shape index (κ1) is 29.7. The number of rotatable bonds is 11. The molecule has 1 aliphatic heterocycles. The number of likely N-dealkylation sites (tertiary alicyclic amines) is 1. The standard InChI is InChI=1S/C28H44ClFN4O3/c1-20(35)32-12-7-11-28(37,23-15-24(29)17-25(30)16-23)22-10-6-13-34(19-22)27(36)33-26(18-31-2)14-21-8-4-3-5-9-21/h15-17,21-22,26,31,37H,3-14,18-19H2,1-2H3,(H,32,35)(H,33,36)/t22-,26+,28+/m1/s1. The van der Waals surface area contributed by atoms with Crippen LogP contribution in [-0.4, -0.2) is 61.2 Å². The molecule has 0 radical (unpaired) electrons. The van der Waals surface area contributed by atoms with Crippen molar-refractivity contribution in [1.29, 1.82) is 0 Å². The van der Waals surface area contributed by atoms with Crippen molar-refractivity contribution < 1.29 is 19.1 Å². The van der Waals surface area contributed by atoms with Crippen molar-refractivity contribution in [3.63, 3.8) is 0 Å². The first-order valence-electron chi connectivity index (χ1n) is 13.8. The second-order valence-corrected chi connectivity index (χ2v) is 11.3. The highest BCUT2D eigenvalue weighted by Gasteiger charge is 2.41. The molecule has 208 valence electrons. The number of urea groups is 1. The fraction of sp³-hybridized carbons (Fsp3) is 0.714. The number of nitrogens with zero attached hydrogens (tertiary/aromatic N) is 1. The summed E-state index contributed by atoms with van der Waals surface area (Å²) in [5.41, 5.74) is -0.965. The van der Waals surface area contributed by atoms with E-state index in [0.29, 0.717) is 56.9 Å². The van der Waals surface area contributed by atoms with E-state index in [1.807, 2.05) is 7.05 Å². The molecule has 1 aromatic carbocycles. The van der Waals surface area contributed by atoms with Crippen LogP contribution in [0.5, 0.6) is 0 Å². The van der Waals surface area contributed by atoms with Gasteiger partial charge in [0, 0.05) is 50.1 Å². The van der Waals surface area contributed by atoms with Crippen LogP contribution in [0.2, 0.25) is 5.02 Å². The lowest BCUT2D eigenvalue weighted by molar-refractivity contribution is -0.119. The third-order valence-corrected chi connectivity index (χ3v) is 8.19. The molecule has 0 aromatic heterocycles. The number of hydrogen-bond acceptors (Lipinski definition) is 4. The minimum absolute atomic E-state index is 0.0551. The molecule has 3 atom stereocenters. The largest absolute Gasteiger partial charge is 0.385 e. The lowest BCUT2D eigenvalue weighted by atomic mass is 9.74. The predicted molar refractivity (Wildman–Crippen MR) is 145 cm³/mol. The van der Waals surface area contributed by atoms with Crippen molar-refractivity contribution in [1.82, 2.24) is 20.9 Å². The minimum atomic E-state index is -1.38. The predicted octanol–water partition coefficient (Wildman–Crippen LogP) is 4.56. The van der Waals surface area contributed by atoms with Gasteiger partial charge in [-0.05, 0) is 68.8 Å². The average Bonchev–Trinajstić information content (AvgIpc) is 2.86. The maximum Gasteiger partial charge on any atom is 0.317 e. The van der Waals surface area contributed by atoms with E-state index in [0.717, 1.165) is 12.8 Å². The summed E-state index contributed by atoms with van der Waals surface area (Å²) < 4.78 is 14.3. The van der Waals surface area contributed by atoms with Crippen molar-refractivity contribution in [3.05, 3.63) is 34.6 Å². The third-order valence-electron chi connectivity index (χ3n) is 7.98. The molecule has 7 nitrogen and oxygen atoms in total. The summed E-state index contributed by atoms with van der Waals surface area (Å²) in [7, 11) is 1.90. The zero-order valence-corrected chi connectivity index (χ0v) is 23.1. The van der Waals surface area contributed by atoms with E-state index in [9.17, 15) is 19.1 Å². The SMILES string of the molecule is CNC[C@H](CC1CCCCC1)NC(=O)N1CCC[C@@H]([C@@](O)(CCCNC(C)=O)c2cc(F)cc(Cl)c2)C1. The number of likely N-dealkylation sites (N-methyl/N-ethyl adjacent to an activating group) is 1. The van der Waals surface area contributed by atoms with Gasteiger partial charge < -0.3 is 26.0 Å². The molecule has 1 aliphatic carbocycles. The molecule has 1 aromatic rings. The van der Waals surface area contributed by atoms with Crippen molar-refractivity contribution in [3.8, 4) is 0 Å². The van der Waals surface area contributed by atoms with Crippen LogP contribution in [0.4, 0.5) is 9.18 Å². The van der Waals surface area contributed by atoms with Crippen molar-refractivity contribution >= 4 is 23.5 Å². The Labute approximate surface area is 225 Å². The Balaban J connectivity index is 1.71. The molecule has 1 saturated heterocycles. The normalized spacial score (nSPS) is 21.2. The van der Waals surface area contributed by atoms with E-state index in [4.69, 9.17) is 11.6 Å². The Kier molecular flexibility index (Phi) is 11.5. The zero-order chi connectivity index (χ0) is 26.8. The number of piperidine rings is 1. The Morgan fingerprint density at radius 2 is 1.95 bits per heavy atom. The molecule has 3 amide bonds. The fourth-order valence-corrected chi connectivity index (χ4v) is 6.31. The van der Waals surface area contributed by atoms with Gasteiger partial charge in [0.15, 0.2) is 0 Å². The average molecular weight is 539 g/mol. The molecular weight excluding hydrogens is 495 g/mol. The van der Waals surface area contributed by atoms with E-state index in [-0.39, 0.29) is 28.9 Å². The smallest absolute Gasteiger partial charge is 0.317 e. The summed E-state index contributed by atoms with van der Waals surface area (Å²) in [6, 6.07) is 4.10. The van der Waals surface area contributed by atoms with Crippen LogP contribution in [0.15, 0.2) is 18.2 Å². The second-order valence-electron chi connectivity index (χ2n) is 10.9. The van der Waals surface area contributed by atoms with Gasteiger partial charge in [-0.3, -0.25) is 4.79 Å². The van der Waals surface area contributed by atoms with E-state index < -0.39 is 11.4 Å². The van der Waals surface area contributed by atoms with Gasteiger partial charge in [0.05, 0.1) is 5.60 Å². The number of benzene rings is 1. The third kappa shape index (κ3) is 8.82. The molecule has 37 heavy (non-hydrogen) atoms. The Hall–Kier alpha value is -1.90. The molecule has 0 spiro atoms. The molecule has 2 aliphatic rings. The Bertz CT molecular complexity index is 878. The van der Waals surface area contributed by atoms with Gasteiger partial charge in [-0.25, -0.2) is 9.18 Å². The zero-order valence-electron chi connectivity index (χ0n) is 22.3. The number of amides is 3. The number of halogens is 2. The first-order valence-corrected chi connectivity index (χ1v) is 14.2. The van der Waals surface area contributed by atoms with Crippen molar-refractivity contribution in [2.45, 2.75) is 82.8 Å². The first-order chi connectivity index (χ1) is 17.7. The number of carbonyl (C=O) groups is 2. The lowest BCUT2D eigenvalue weighted by Crippen LogP contribution is -2.54. The van der Waals surface area contributed by atoms with Gasteiger partial charge in [0.1, 0.15) is 5.82 Å². The highest BCUT2D eigenvalue weighted by Crippen LogP contribution is 2.40. The summed E-state index contributed by atoms with van der Waals surface area (Å²) in [5.74, 6) is -0.288. The highest BCUT2D eigenvalue weighted by molar-refractivity contribution is 6.30. The Morgan fingerprint density at radius 1 is 1.19 bits per heavy atom. The lowest BCUT2D eigenvalue weighted by Gasteiger charge is -2.43. The van der Waals surface area contributed by atoms with E-state index >= 15 is 0 Å². The van der Waals surface area contributed by atoms with Gasteiger partial charge in [-0.2, -0.15) is 0 Å². The molecule has 9 heteroatoms. The molecule has 3 rings (SSSR count). The number of nitrogens with one attached hydrogen (secondary N) is 3. The van der Waals surface area contributed by atoms with Crippen molar-refractivity contribution in [2.24, 2.45) is 11.8 Å². The van der Waals surface area contributed by atoms with Crippen molar-refractivity contribution in [2.75, 3.05) is 33.2 Å². The highest BCUT2D eigenvalue weighted by atomic mass is 35.5. The number of carbonyl (C=O) groups excluding carboxylic acids is 2. The molecule has 1 heterocycles. The molecule has 1 saturated carbocycles. The van der Waals surface area contributed by atoms with Gasteiger partial charge in [-0.15, -0.1) is 0 Å². The van der Waals surface area contributed by atoms with Crippen LogP contribution in [0.25, 0.3) is 0 Å². The van der Waals surface area contributed by atoms with Gasteiger partial charge in [0.25, 0.3) is 0 Å². The van der Waals surface area contributed by atoms with Crippen LogP contribution in [0.3, 0.4) is 0 Å². The van der Waals surface area contributed by atoms with Gasteiger partial charge >= 0.3 is 6.03 Å². The monoisotopic (exact) mass is 538 g/mol. The maximum atomic E-state index is 14.3. The molecule has 0 unspecified atom stereocenters. The summed E-state index contributed by atoms with van der Waals surface area (Å²) >= 11 is 6.16.